The predicted molar refractivity (Wildman–Crippen MR) is 91.1 cm³/mol. The summed E-state index contributed by atoms with van der Waals surface area (Å²) < 4.78 is 18.2. The largest absolute Gasteiger partial charge is 0.618 e. The first-order chi connectivity index (χ1) is 12.0. The maximum atomic E-state index is 12.4. The van der Waals surface area contributed by atoms with Crippen LogP contribution < -0.4 is 24.7 Å². The van der Waals surface area contributed by atoms with Gasteiger partial charge in [-0.3, -0.25) is 0 Å². The molecule has 25 heavy (non-hydrogen) atoms. The zero-order valence-corrected chi connectivity index (χ0v) is 14.6. The lowest BCUT2D eigenvalue weighted by Gasteiger charge is -2.15. The fourth-order valence-electron chi connectivity index (χ4n) is 2.61. The van der Waals surface area contributed by atoms with Crippen LogP contribution in [0.15, 0.2) is 18.5 Å². The number of methoxy groups -OCH3 is 3. The number of fused-ring (bicyclic) bond motifs is 1. The van der Waals surface area contributed by atoms with Crippen LogP contribution in [0, 0.1) is 5.21 Å². The molecule has 0 aromatic carbocycles. The van der Waals surface area contributed by atoms with Crippen LogP contribution in [0.4, 0.5) is 5.95 Å². The van der Waals surface area contributed by atoms with Gasteiger partial charge in [-0.25, -0.2) is 4.98 Å². The second kappa shape index (κ2) is 6.52. The molecule has 9 nitrogen and oxygen atoms in total. The van der Waals surface area contributed by atoms with E-state index >= 15 is 0 Å². The van der Waals surface area contributed by atoms with Crippen LogP contribution in [-0.4, -0.2) is 35.9 Å². The lowest BCUT2D eigenvalue weighted by molar-refractivity contribution is -0.615. The molecule has 0 saturated heterocycles. The molecule has 10 heteroatoms. The van der Waals surface area contributed by atoms with E-state index in [1.54, 1.807) is 16.8 Å². The van der Waals surface area contributed by atoms with Crippen LogP contribution in [0.25, 0.3) is 11.0 Å². The van der Waals surface area contributed by atoms with Gasteiger partial charge in [0.25, 0.3) is 5.69 Å². The molecule has 0 bridgehead atoms. The van der Waals surface area contributed by atoms with Crippen molar-refractivity contribution in [2.24, 2.45) is 0 Å². The smallest absolute Gasteiger partial charge is 0.259 e. The number of nitrogen functional groups attached to an aromatic ring is 1. The van der Waals surface area contributed by atoms with Crippen LogP contribution in [0.5, 0.6) is 17.2 Å². The lowest BCUT2D eigenvalue weighted by atomic mass is 10.2. The van der Waals surface area contributed by atoms with Crippen LogP contribution in [0.3, 0.4) is 0 Å². The first-order valence-electron chi connectivity index (χ1n) is 7.19. The highest BCUT2D eigenvalue weighted by Crippen LogP contribution is 2.38. The predicted octanol–water partition coefficient (Wildman–Crippen LogP) is 1.37. The number of rotatable bonds is 5. The van der Waals surface area contributed by atoms with Crippen molar-refractivity contribution >= 4 is 28.6 Å². The molecule has 0 radical (unpaired) electrons. The van der Waals surface area contributed by atoms with E-state index in [0.717, 1.165) is 0 Å². The number of halogens is 1. The number of ether oxygens (including phenoxy) is 3. The summed E-state index contributed by atoms with van der Waals surface area (Å²) in [5, 5.41) is 13.3. The summed E-state index contributed by atoms with van der Waals surface area (Å²) in [7, 11) is 4.36. The average Bonchev–Trinajstić information content (AvgIpc) is 2.98. The zero-order valence-electron chi connectivity index (χ0n) is 13.8. The molecule has 3 aromatic heterocycles. The van der Waals surface area contributed by atoms with Gasteiger partial charge in [-0.1, -0.05) is 11.6 Å². The third-order valence-corrected chi connectivity index (χ3v) is 4.02. The zero-order chi connectivity index (χ0) is 18.1. The molecule has 3 heterocycles. The van der Waals surface area contributed by atoms with Gasteiger partial charge in [-0.2, -0.15) is 9.71 Å². The summed E-state index contributed by atoms with van der Waals surface area (Å²) >= 11 is 6.08. The van der Waals surface area contributed by atoms with Crippen molar-refractivity contribution < 1.29 is 18.9 Å². The summed E-state index contributed by atoms with van der Waals surface area (Å²) in [4.78, 5) is 8.11. The van der Waals surface area contributed by atoms with Gasteiger partial charge in [0, 0.05) is 6.20 Å². The van der Waals surface area contributed by atoms with Gasteiger partial charge in [0.2, 0.25) is 29.4 Å². The number of pyridine rings is 1. The van der Waals surface area contributed by atoms with Crippen LogP contribution in [0.2, 0.25) is 5.15 Å². The molecule has 0 fully saturated rings. The van der Waals surface area contributed by atoms with Crippen molar-refractivity contribution in [1.29, 1.82) is 0 Å². The third kappa shape index (κ3) is 2.82. The first kappa shape index (κ1) is 16.9. The Labute approximate surface area is 148 Å². The van der Waals surface area contributed by atoms with Gasteiger partial charge in [0.05, 0.1) is 26.7 Å². The number of nitrogens with zero attached hydrogens (tertiary/aromatic N) is 4. The van der Waals surface area contributed by atoms with E-state index in [2.05, 4.69) is 9.97 Å². The van der Waals surface area contributed by atoms with E-state index in [9.17, 15) is 5.21 Å². The molecule has 0 saturated carbocycles. The highest BCUT2D eigenvalue weighted by atomic mass is 35.5. The molecular formula is C15H16ClN5O4. The normalized spacial score (nSPS) is 10.9. The molecule has 2 N–H and O–H groups in total. The maximum Gasteiger partial charge on any atom is 0.259 e. The quantitative estimate of drug-likeness (QED) is 0.413. The molecule has 0 spiro atoms. The number of hydrogen-bond donors (Lipinski definition) is 1. The van der Waals surface area contributed by atoms with Crippen molar-refractivity contribution in [3.8, 4) is 17.2 Å². The Morgan fingerprint density at radius 3 is 2.56 bits per heavy atom. The van der Waals surface area contributed by atoms with E-state index in [4.69, 9.17) is 31.5 Å². The highest BCUT2D eigenvalue weighted by Gasteiger charge is 2.26. The van der Waals surface area contributed by atoms with Crippen molar-refractivity contribution in [2.45, 2.75) is 6.54 Å². The Bertz CT molecular complexity index is 944. The summed E-state index contributed by atoms with van der Waals surface area (Å²) in [5.74, 6) is 0.916. The molecule has 132 valence electrons. The maximum absolute atomic E-state index is 12.4. The first-order valence-corrected chi connectivity index (χ1v) is 7.56. The van der Waals surface area contributed by atoms with Gasteiger partial charge in [0.15, 0.2) is 0 Å². The van der Waals surface area contributed by atoms with Crippen molar-refractivity contribution in [3.05, 3.63) is 34.5 Å². The summed E-state index contributed by atoms with van der Waals surface area (Å²) in [6, 6.07) is 1.75. The molecule has 0 aliphatic rings. The summed E-state index contributed by atoms with van der Waals surface area (Å²) in [6.45, 7) is 0.156. The minimum atomic E-state index is 0.0479. The van der Waals surface area contributed by atoms with Crippen LogP contribution in [-0.2, 0) is 6.54 Å². The van der Waals surface area contributed by atoms with Crippen LogP contribution in [0.1, 0.15) is 5.69 Å². The SMILES string of the molecule is COc1c[n+]([O-])c(Cn2ccc3c(Cl)nc(N)nc32)c(OC)c1OC. The third-order valence-electron chi connectivity index (χ3n) is 3.73. The van der Waals surface area contributed by atoms with Gasteiger partial charge in [-0.15, -0.1) is 0 Å². The van der Waals surface area contributed by atoms with Crippen molar-refractivity contribution in [3.63, 3.8) is 0 Å². The average molecular weight is 366 g/mol. The lowest BCUT2D eigenvalue weighted by Crippen LogP contribution is -2.33. The molecular weight excluding hydrogens is 350 g/mol. The standard InChI is InChI=1S/C15H16ClN5O4/c1-23-10-7-21(22)9(11(24-2)12(10)25-3)6-20-5-4-8-13(16)18-15(17)19-14(8)20/h4-5,7H,6H2,1-3H3,(H2,17,18,19). The molecule has 0 amide bonds. The Hall–Kier alpha value is -2.94. The molecule has 3 aromatic rings. The molecule has 0 atom stereocenters. The topological polar surface area (TPSA) is 111 Å². The number of anilines is 1. The second-order valence-electron chi connectivity index (χ2n) is 5.09. The Morgan fingerprint density at radius 1 is 1.20 bits per heavy atom. The summed E-state index contributed by atoms with van der Waals surface area (Å²) in [6.07, 6.45) is 3.01. The van der Waals surface area contributed by atoms with Gasteiger partial charge in [-0.05, 0) is 6.07 Å². The number of hydrogen-bond acceptors (Lipinski definition) is 7. The minimum Gasteiger partial charge on any atom is -0.618 e. The highest BCUT2D eigenvalue weighted by molar-refractivity contribution is 6.34. The Kier molecular flexibility index (Phi) is 4.41. The Balaban J connectivity index is 2.15. The monoisotopic (exact) mass is 365 g/mol. The molecule has 0 aliphatic carbocycles. The summed E-state index contributed by atoms with van der Waals surface area (Å²) in [5.41, 5.74) is 6.49. The van der Waals surface area contributed by atoms with E-state index in [1.165, 1.54) is 27.5 Å². The number of aromatic nitrogens is 4. The Morgan fingerprint density at radius 2 is 1.92 bits per heavy atom. The van der Waals surface area contributed by atoms with Crippen molar-refractivity contribution in [1.82, 2.24) is 14.5 Å². The van der Waals surface area contributed by atoms with E-state index < -0.39 is 0 Å². The van der Waals surface area contributed by atoms with Gasteiger partial charge >= 0.3 is 0 Å². The fourth-order valence-corrected chi connectivity index (χ4v) is 2.84. The van der Waals surface area contributed by atoms with E-state index in [-0.39, 0.29) is 29.1 Å². The molecule has 0 aliphatic heterocycles. The van der Waals surface area contributed by atoms with Gasteiger partial charge < -0.3 is 29.7 Å². The van der Waals surface area contributed by atoms with Gasteiger partial charge in [0.1, 0.15) is 17.3 Å². The minimum absolute atomic E-state index is 0.0479. The van der Waals surface area contributed by atoms with Crippen molar-refractivity contribution in [2.75, 3.05) is 27.1 Å². The fraction of sp³-hybridized carbons (Fsp3) is 0.267. The van der Waals surface area contributed by atoms with E-state index in [0.29, 0.717) is 27.2 Å². The molecule has 3 rings (SSSR count). The number of nitrogens with two attached hydrogens (primary N) is 1. The second-order valence-corrected chi connectivity index (χ2v) is 5.45. The van der Waals surface area contributed by atoms with E-state index in [1.807, 2.05) is 0 Å². The molecule has 0 unspecified atom stereocenters. The van der Waals surface area contributed by atoms with Crippen LogP contribution >= 0.6 is 11.6 Å².